The van der Waals surface area contributed by atoms with Gasteiger partial charge in [-0.3, -0.25) is 9.48 Å². The Morgan fingerprint density at radius 2 is 1.88 bits per heavy atom. The first-order chi connectivity index (χ1) is 20.7. The summed E-state index contributed by atoms with van der Waals surface area (Å²) >= 11 is 0. The maximum atomic E-state index is 15.0. The summed E-state index contributed by atoms with van der Waals surface area (Å²) in [5, 5.41) is 11.7. The molecule has 0 bridgehead atoms. The molecule has 6 rings (SSSR count). The van der Waals surface area contributed by atoms with Gasteiger partial charge in [0.2, 0.25) is 5.88 Å². The molecule has 12 nitrogen and oxygen atoms in total. The van der Waals surface area contributed by atoms with E-state index in [2.05, 4.69) is 20.5 Å². The fourth-order valence-electron chi connectivity index (χ4n) is 5.47. The number of halogens is 2. The number of nitrogens with one attached hydrogen (secondary N) is 1. The van der Waals surface area contributed by atoms with E-state index in [0.717, 1.165) is 24.5 Å². The third-order valence-electron chi connectivity index (χ3n) is 7.82. The molecule has 2 saturated heterocycles. The molecule has 1 N–H and O–H groups in total. The molecule has 226 valence electrons. The zero-order valence-electron chi connectivity index (χ0n) is 24.1. The topological polar surface area (TPSA) is 119 Å². The Morgan fingerprint density at radius 3 is 2.58 bits per heavy atom. The molecule has 2 aliphatic rings. The highest BCUT2D eigenvalue weighted by Crippen LogP contribution is 2.35. The number of imidazole rings is 1. The molecule has 43 heavy (non-hydrogen) atoms. The Kier molecular flexibility index (Phi) is 7.69. The second kappa shape index (κ2) is 11.6. The van der Waals surface area contributed by atoms with Crippen LogP contribution in [-0.2, 0) is 4.74 Å². The Labute approximate surface area is 246 Å². The van der Waals surface area contributed by atoms with Crippen LogP contribution in [0.15, 0.2) is 36.8 Å². The van der Waals surface area contributed by atoms with Crippen LogP contribution in [0.25, 0.3) is 28.0 Å². The molecule has 3 aromatic heterocycles. The van der Waals surface area contributed by atoms with E-state index >= 15 is 4.39 Å². The van der Waals surface area contributed by atoms with Crippen LogP contribution in [0.4, 0.5) is 13.6 Å². The van der Waals surface area contributed by atoms with E-state index in [4.69, 9.17) is 9.47 Å². The molecule has 4 aromatic rings. The van der Waals surface area contributed by atoms with Crippen LogP contribution in [0.1, 0.15) is 35.7 Å². The van der Waals surface area contributed by atoms with E-state index in [1.54, 1.807) is 31.3 Å². The minimum absolute atomic E-state index is 0.00120. The number of benzene rings is 1. The lowest BCUT2D eigenvalue weighted by Crippen LogP contribution is -2.44. The summed E-state index contributed by atoms with van der Waals surface area (Å²) in [7, 11) is 4.90. The number of aromatic nitrogens is 5. The van der Waals surface area contributed by atoms with Crippen molar-refractivity contribution in [1.82, 2.24) is 39.5 Å². The lowest BCUT2D eigenvalue weighted by atomic mass is 10.1. The Balaban J connectivity index is 1.36. The standard InChI is InChI=1S/C29H32F2N8O4/c1-32-27(40)17-10-22(26(31)23(30)11-17)24-14-33-25-12-21(28(35-39(24)25)43-20-6-9-42-16-20)18-13-34-38(15-18)19-4-7-37(8-5-19)29(41)36(2)3/h10-15,19-20H,4-9,16H2,1-3H3,(H,32,40). The second-order valence-corrected chi connectivity index (χ2v) is 10.9. The molecule has 5 heterocycles. The summed E-state index contributed by atoms with van der Waals surface area (Å²) in [6.07, 6.45) is 7.00. The normalized spacial score (nSPS) is 17.4. The van der Waals surface area contributed by atoms with Crippen LogP contribution in [0.3, 0.4) is 0 Å². The summed E-state index contributed by atoms with van der Waals surface area (Å²) in [5.74, 6) is -2.57. The number of rotatable bonds is 6. The number of fused-ring (bicyclic) bond motifs is 1. The minimum atomic E-state index is -1.16. The van der Waals surface area contributed by atoms with Crippen molar-refractivity contribution in [2.45, 2.75) is 31.4 Å². The average Bonchev–Trinajstić information content (AvgIpc) is 3.79. The number of hydrogen-bond donors (Lipinski definition) is 1. The van der Waals surface area contributed by atoms with Gasteiger partial charge in [-0.15, -0.1) is 5.10 Å². The third kappa shape index (κ3) is 5.49. The molecule has 1 aromatic carbocycles. The fourth-order valence-corrected chi connectivity index (χ4v) is 5.47. The van der Waals surface area contributed by atoms with E-state index < -0.39 is 17.5 Å². The van der Waals surface area contributed by atoms with Crippen LogP contribution < -0.4 is 10.1 Å². The highest BCUT2D eigenvalue weighted by atomic mass is 19.2. The molecule has 0 spiro atoms. The van der Waals surface area contributed by atoms with Gasteiger partial charge in [0, 0.05) is 63.5 Å². The van der Waals surface area contributed by atoms with Gasteiger partial charge in [0.15, 0.2) is 17.3 Å². The highest BCUT2D eigenvalue weighted by Gasteiger charge is 2.27. The van der Waals surface area contributed by atoms with Crippen LogP contribution in [0.2, 0.25) is 0 Å². The van der Waals surface area contributed by atoms with E-state index in [1.807, 2.05) is 15.8 Å². The van der Waals surface area contributed by atoms with Crippen LogP contribution in [0.5, 0.6) is 5.88 Å². The Morgan fingerprint density at radius 1 is 1.09 bits per heavy atom. The second-order valence-electron chi connectivity index (χ2n) is 10.9. The molecule has 2 aliphatic heterocycles. The number of carbonyl (C=O) groups excluding carboxylic acids is 2. The number of hydrogen-bond acceptors (Lipinski definition) is 7. The minimum Gasteiger partial charge on any atom is -0.470 e. The van der Waals surface area contributed by atoms with Crippen molar-refractivity contribution >= 4 is 17.6 Å². The number of likely N-dealkylation sites (tertiary alicyclic amines) is 1. The number of urea groups is 1. The first kappa shape index (κ1) is 28.5. The maximum Gasteiger partial charge on any atom is 0.319 e. The quantitative estimate of drug-likeness (QED) is 0.364. The number of amides is 3. The van der Waals surface area contributed by atoms with Crippen molar-refractivity contribution in [3.63, 3.8) is 0 Å². The van der Waals surface area contributed by atoms with Crippen molar-refractivity contribution in [3.05, 3.63) is 54.0 Å². The monoisotopic (exact) mass is 594 g/mol. The zero-order valence-corrected chi connectivity index (χ0v) is 24.1. The summed E-state index contributed by atoms with van der Waals surface area (Å²) in [5.41, 5.74) is 1.72. The highest BCUT2D eigenvalue weighted by molar-refractivity contribution is 5.95. The van der Waals surface area contributed by atoms with Gasteiger partial charge < -0.3 is 24.6 Å². The average molecular weight is 595 g/mol. The Bertz CT molecular complexity index is 1670. The van der Waals surface area contributed by atoms with E-state index in [0.29, 0.717) is 43.9 Å². The molecule has 1 atom stereocenters. The van der Waals surface area contributed by atoms with Gasteiger partial charge in [0.05, 0.1) is 42.9 Å². The van der Waals surface area contributed by atoms with Crippen LogP contribution in [-0.4, -0.2) is 99.7 Å². The molecule has 3 amide bonds. The van der Waals surface area contributed by atoms with Crippen molar-refractivity contribution in [2.75, 3.05) is 47.4 Å². The predicted molar refractivity (Wildman–Crippen MR) is 152 cm³/mol. The van der Waals surface area contributed by atoms with Crippen molar-refractivity contribution < 1.29 is 27.8 Å². The van der Waals surface area contributed by atoms with Gasteiger partial charge in [-0.25, -0.2) is 23.1 Å². The largest absolute Gasteiger partial charge is 0.470 e. The number of piperidine rings is 1. The molecule has 1 unspecified atom stereocenters. The van der Waals surface area contributed by atoms with Gasteiger partial charge >= 0.3 is 6.03 Å². The lowest BCUT2D eigenvalue weighted by molar-refractivity contribution is 0.0962. The van der Waals surface area contributed by atoms with Crippen LogP contribution in [0, 0.1) is 11.6 Å². The van der Waals surface area contributed by atoms with Gasteiger partial charge in [0.1, 0.15) is 6.10 Å². The first-order valence-electron chi connectivity index (χ1n) is 14.1. The van der Waals surface area contributed by atoms with Crippen molar-refractivity contribution in [3.8, 4) is 28.3 Å². The summed E-state index contributed by atoms with van der Waals surface area (Å²) in [4.78, 5) is 32.4. The predicted octanol–water partition coefficient (Wildman–Crippen LogP) is 3.38. The maximum absolute atomic E-state index is 15.0. The molecule has 2 fully saturated rings. The van der Waals surface area contributed by atoms with Gasteiger partial charge in [-0.05, 0) is 31.0 Å². The SMILES string of the molecule is CNC(=O)c1cc(F)c(F)c(-c2cnc3cc(-c4cnn(C5CCN(C(=O)N(C)C)CC5)c4)c(OC4CCOC4)nn23)c1. The molecule has 14 heteroatoms. The first-order valence-corrected chi connectivity index (χ1v) is 14.1. The molecular weight excluding hydrogens is 562 g/mol. The van der Waals surface area contributed by atoms with E-state index in [9.17, 15) is 14.0 Å². The summed E-state index contributed by atoms with van der Waals surface area (Å²) in [6.45, 7) is 2.22. The fraction of sp³-hybridized carbons (Fsp3) is 0.414. The lowest BCUT2D eigenvalue weighted by Gasteiger charge is -2.33. The summed E-state index contributed by atoms with van der Waals surface area (Å²) < 4.78 is 44.6. The number of nitrogens with zero attached hydrogens (tertiary/aromatic N) is 7. The molecule has 0 saturated carbocycles. The molecular formula is C29H32F2N8O4. The van der Waals surface area contributed by atoms with Gasteiger partial charge in [-0.1, -0.05) is 0 Å². The smallest absolute Gasteiger partial charge is 0.319 e. The molecule has 0 radical (unpaired) electrons. The summed E-state index contributed by atoms with van der Waals surface area (Å²) in [6, 6.07) is 4.00. The number of ether oxygens (including phenoxy) is 2. The van der Waals surface area contributed by atoms with Crippen LogP contribution >= 0.6 is 0 Å². The zero-order chi connectivity index (χ0) is 30.2. The van der Waals surface area contributed by atoms with E-state index in [1.165, 1.54) is 23.8 Å². The van der Waals surface area contributed by atoms with E-state index in [-0.39, 0.29) is 40.9 Å². The van der Waals surface area contributed by atoms with Gasteiger partial charge in [-0.2, -0.15) is 5.10 Å². The number of carbonyl (C=O) groups is 2. The van der Waals surface area contributed by atoms with Crippen molar-refractivity contribution in [1.29, 1.82) is 0 Å². The molecule has 0 aliphatic carbocycles. The third-order valence-corrected chi connectivity index (χ3v) is 7.82. The Hall–Kier alpha value is -4.59. The van der Waals surface area contributed by atoms with Gasteiger partial charge in [0.25, 0.3) is 5.91 Å². The van der Waals surface area contributed by atoms with Crippen molar-refractivity contribution in [2.24, 2.45) is 0 Å².